The van der Waals surface area contributed by atoms with Gasteiger partial charge in [0.2, 0.25) is 0 Å². The predicted octanol–water partition coefficient (Wildman–Crippen LogP) is 12.7. The van der Waals surface area contributed by atoms with Crippen LogP contribution in [0.25, 0.3) is 93.7 Å². The molecule has 0 spiro atoms. The molecule has 3 nitrogen and oxygen atoms in total. The van der Waals surface area contributed by atoms with Crippen LogP contribution < -0.4 is 0 Å². The molecule has 52 heavy (non-hydrogen) atoms. The lowest BCUT2D eigenvalue weighted by Crippen LogP contribution is -2.15. The lowest BCUT2D eigenvalue weighted by Gasteiger charge is -2.23. The quantitative estimate of drug-likeness (QED) is 0.188. The lowest BCUT2D eigenvalue weighted by atomic mass is 9.80. The van der Waals surface area contributed by atoms with Gasteiger partial charge < -0.3 is 4.57 Å². The Bertz CT molecular complexity index is 3100. The molecule has 0 N–H and O–H groups in total. The molecule has 0 radical (unpaired) electrons. The van der Waals surface area contributed by atoms with Gasteiger partial charge in [0.15, 0.2) is 5.82 Å². The molecule has 11 rings (SSSR count). The zero-order valence-corrected chi connectivity index (χ0v) is 28.9. The Morgan fingerprint density at radius 2 is 1.13 bits per heavy atom. The molecule has 10 aromatic rings. The summed E-state index contributed by atoms with van der Waals surface area (Å²) in [6, 6.07) is 59.2. The Balaban J connectivity index is 1.17. The largest absolute Gasteiger partial charge is 0.309 e. The molecule has 0 atom stereocenters. The topological polar surface area (TPSA) is 30.7 Å². The van der Waals surface area contributed by atoms with Gasteiger partial charge in [-0.3, -0.25) is 0 Å². The number of benzene rings is 8. The Hall–Kier alpha value is -6.58. The smallest absolute Gasteiger partial charge is 0.161 e. The van der Waals surface area contributed by atoms with Crippen LogP contribution >= 0.6 is 0 Å². The highest BCUT2D eigenvalue weighted by Crippen LogP contribution is 2.53. The van der Waals surface area contributed by atoms with Crippen LogP contribution in [0.1, 0.15) is 25.0 Å². The van der Waals surface area contributed by atoms with Gasteiger partial charge in [-0.05, 0) is 74.8 Å². The minimum absolute atomic E-state index is 0.156. The van der Waals surface area contributed by atoms with Crippen LogP contribution in [0.5, 0.6) is 0 Å². The summed E-state index contributed by atoms with van der Waals surface area (Å²) in [5.74, 6) is 0.729. The molecular formula is C49H33N3. The van der Waals surface area contributed by atoms with Crippen molar-refractivity contribution in [2.45, 2.75) is 19.3 Å². The Morgan fingerprint density at radius 3 is 1.98 bits per heavy atom. The number of para-hydroxylation sites is 2. The lowest BCUT2D eigenvalue weighted by molar-refractivity contribution is 0.667. The molecule has 0 unspecified atom stereocenters. The van der Waals surface area contributed by atoms with Crippen molar-refractivity contribution in [1.29, 1.82) is 0 Å². The molecule has 3 heteroatoms. The zero-order valence-electron chi connectivity index (χ0n) is 28.9. The summed E-state index contributed by atoms with van der Waals surface area (Å²) in [6.45, 7) is 4.78. The molecular weight excluding hydrogens is 631 g/mol. The van der Waals surface area contributed by atoms with Gasteiger partial charge >= 0.3 is 0 Å². The van der Waals surface area contributed by atoms with Gasteiger partial charge in [0.05, 0.1) is 27.9 Å². The van der Waals surface area contributed by atoms with Gasteiger partial charge in [0, 0.05) is 38.1 Å². The van der Waals surface area contributed by atoms with Crippen LogP contribution in [0.3, 0.4) is 0 Å². The highest BCUT2D eigenvalue weighted by Gasteiger charge is 2.38. The van der Waals surface area contributed by atoms with Gasteiger partial charge in [-0.25, -0.2) is 9.97 Å². The number of hydrogen-bond donors (Lipinski definition) is 0. The van der Waals surface area contributed by atoms with E-state index in [4.69, 9.17) is 9.97 Å². The van der Waals surface area contributed by atoms with E-state index >= 15 is 0 Å². The second-order valence-electron chi connectivity index (χ2n) is 14.6. The third kappa shape index (κ3) is 4.02. The van der Waals surface area contributed by atoms with Crippen molar-refractivity contribution in [1.82, 2.24) is 14.5 Å². The van der Waals surface area contributed by atoms with E-state index in [0.717, 1.165) is 50.0 Å². The van der Waals surface area contributed by atoms with Crippen LogP contribution in [-0.2, 0) is 5.41 Å². The highest BCUT2D eigenvalue weighted by atomic mass is 15.0. The summed E-state index contributed by atoms with van der Waals surface area (Å²) in [7, 11) is 0. The molecule has 1 aliphatic carbocycles. The fourth-order valence-electron chi connectivity index (χ4n) is 9.00. The van der Waals surface area contributed by atoms with Gasteiger partial charge in [-0.2, -0.15) is 0 Å². The van der Waals surface area contributed by atoms with Crippen molar-refractivity contribution >= 4 is 54.3 Å². The predicted molar refractivity (Wildman–Crippen MR) is 217 cm³/mol. The molecule has 8 aromatic carbocycles. The average Bonchev–Trinajstić information content (AvgIpc) is 3.64. The first-order chi connectivity index (χ1) is 25.6. The fourth-order valence-corrected chi connectivity index (χ4v) is 9.00. The molecule has 0 bridgehead atoms. The third-order valence-corrected chi connectivity index (χ3v) is 11.4. The van der Waals surface area contributed by atoms with E-state index in [1.54, 1.807) is 0 Å². The molecule has 0 fully saturated rings. The maximum absolute atomic E-state index is 5.26. The van der Waals surface area contributed by atoms with E-state index in [0.29, 0.717) is 0 Å². The zero-order chi connectivity index (χ0) is 34.6. The summed E-state index contributed by atoms with van der Waals surface area (Å²) < 4.78 is 2.48. The van der Waals surface area contributed by atoms with E-state index in [1.165, 1.54) is 54.8 Å². The first-order valence-electron chi connectivity index (χ1n) is 18.0. The van der Waals surface area contributed by atoms with Crippen molar-refractivity contribution in [3.05, 3.63) is 175 Å². The molecule has 0 aliphatic heterocycles. The number of nitrogens with zero attached hydrogens (tertiary/aromatic N) is 3. The molecule has 0 saturated heterocycles. The van der Waals surface area contributed by atoms with Gasteiger partial charge in [0.25, 0.3) is 0 Å². The van der Waals surface area contributed by atoms with Crippen LogP contribution in [-0.4, -0.2) is 14.5 Å². The minimum atomic E-state index is -0.156. The average molecular weight is 664 g/mol. The molecule has 0 saturated carbocycles. The summed E-state index contributed by atoms with van der Waals surface area (Å²) in [5, 5.41) is 8.49. The van der Waals surface area contributed by atoms with Crippen LogP contribution in [0.4, 0.5) is 0 Å². The molecule has 244 valence electrons. The van der Waals surface area contributed by atoms with Crippen molar-refractivity contribution in [2.75, 3.05) is 0 Å². The number of hydrogen-bond acceptors (Lipinski definition) is 2. The van der Waals surface area contributed by atoms with Crippen LogP contribution in [0, 0.1) is 0 Å². The highest BCUT2D eigenvalue weighted by molar-refractivity contribution is 6.14. The summed E-state index contributed by atoms with van der Waals surface area (Å²) >= 11 is 0. The molecule has 2 aromatic heterocycles. The van der Waals surface area contributed by atoms with Crippen molar-refractivity contribution in [2.24, 2.45) is 0 Å². The fraction of sp³-hybridized carbons (Fsp3) is 0.0612. The minimum Gasteiger partial charge on any atom is -0.309 e. The Morgan fingerprint density at radius 1 is 0.462 bits per heavy atom. The molecule has 2 heterocycles. The van der Waals surface area contributed by atoms with E-state index in [1.807, 2.05) is 6.07 Å². The van der Waals surface area contributed by atoms with Gasteiger partial charge in [-0.1, -0.05) is 141 Å². The number of rotatable bonds is 3. The van der Waals surface area contributed by atoms with Crippen LogP contribution in [0.15, 0.2) is 164 Å². The number of aromatic nitrogens is 3. The SMILES string of the molecule is CC1(C)c2cc3c(cc2-c2ccc4ccccc4c21)c1ccccc1n3-c1ccc(-c2nc(-c3ccccc3)c3ccccc3n2)c2ccccc12. The first kappa shape index (κ1) is 29.2. The van der Waals surface area contributed by atoms with E-state index in [9.17, 15) is 0 Å². The van der Waals surface area contributed by atoms with Gasteiger partial charge in [0.1, 0.15) is 0 Å². The van der Waals surface area contributed by atoms with E-state index < -0.39 is 0 Å². The number of fused-ring (bicyclic) bond motifs is 10. The third-order valence-electron chi connectivity index (χ3n) is 11.4. The first-order valence-corrected chi connectivity index (χ1v) is 18.0. The Labute approximate surface area is 301 Å². The summed E-state index contributed by atoms with van der Waals surface area (Å²) in [4.78, 5) is 10.4. The molecule has 1 aliphatic rings. The Kier molecular flexibility index (Phi) is 6.01. The maximum Gasteiger partial charge on any atom is 0.161 e. The molecule has 0 amide bonds. The van der Waals surface area contributed by atoms with E-state index in [-0.39, 0.29) is 5.41 Å². The van der Waals surface area contributed by atoms with Crippen molar-refractivity contribution < 1.29 is 0 Å². The normalized spacial score (nSPS) is 13.3. The van der Waals surface area contributed by atoms with Gasteiger partial charge in [-0.15, -0.1) is 0 Å². The van der Waals surface area contributed by atoms with Crippen molar-refractivity contribution in [3.8, 4) is 39.5 Å². The van der Waals surface area contributed by atoms with E-state index in [2.05, 4.69) is 176 Å². The second-order valence-corrected chi connectivity index (χ2v) is 14.6. The maximum atomic E-state index is 5.26. The van der Waals surface area contributed by atoms with Crippen LogP contribution in [0.2, 0.25) is 0 Å². The monoisotopic (exact) mass is 663 g/mol. The summed E-state index contributed by atoms with van der Waals surface area (Å²) in [6.07, 6.45) is 0. The standard InChI is InChI=1S/C49H33N3/c1-49(2)41-29-45-40(28-39(41)36-25-24-30-14-6-7-17-32(30)46(36)49)35-20-11-13-23-43(35)52(45)44-27-26-37(33-18-8-9-19-34(33)44)48-50-42-22-12-10-21-38(42)47(51-48)31-15-4-3-5-16-31/h3-29H,1-2H3. The van der Waals surface area contributed by atoms with Crippen molar-refractivity contribution in [3.63, 3.8) is 0 Å². The summed E-state index contributed by atoms with van der Waals surface area (Å²) in [5.41, 5.74) is 12.9. The second kappa shape index (κ2) is 10.7.